The van der Waals surface area contributed by atoms with Gasteiger partial charge >= 0.3 is 7.82 Å². The van der Waals surface area contributed by atoms with Crippen LogP contribution in [0.2, 0.25) is 0 Å². The van der Waals surface area contributed by atoms with Crippen molar-refractivity contribution >= 4 is 13.6 Å². The molecular weight excluding hydrogens is 267 g/mol. The third kappa shape index (κ3) is 4.46. The molecule has 0 bridgehead atoms. The molecule has 0 atom stereocenters. The summed E-state index contributed by atoms with van der Waals surface area (Å²) in [6.07, 6.45) is 0.365. The lowest BCUT2D eigenvalue weighted by atomic mass is 9.81. The molecule has 0 heterocycles. The minimum atomic E-state index is -4.61. The number of phosphoric ester groups is 1. The molecule has 0 radical (unpaired) electrons. The average Bonchev–Trinajstić information content (AvgIpc) is 2.21. The maximum absolute atomic E-state index is 11.6. The Morgan fingerprint density at radius 1 is 1.37 bits per heavy atom. The van der Waals surface area contributed by atoms with E-state index in [1.54, 1.807) is 19.9 Å². The van der Waals surface area contributed by atoms with Gasteiger partial charge in [0, 0.05) is 5.41 Å². The van der Waals surface area contributed by atoms with Crippen molar-refractivity contribution in [2.45, 2.75) is 34.1 Å². The maximum Gasteiger partial charge on any atom is 0.524 e. The van der Waals surface area contributed by atoms with E-state index in [2.05, 4.69) is 0 Å². The van der Waals surface area contributed by atoms with Gasteiger partial charge in [-0.25, -0.2) is 4.57 Å². The molecule has 2 N–H and O–H groups in total. The summed E-state index contributed by atoms with van der Waals surface area (Å²) in [6, 6.07) is 4.97. The van der Waals surface area contributed by atoms with Crippen LogP contribution >= 0.6 is 7.82 Å². The van der Waals surface area contributed by atoms with Gasteiger partial charge in [0.2, 0.25) is 0 Å². The lowest BCUT2D eigenvalue weighted by molar-refractivity contribution is -0.124. The molecule has 1 rings (SSSR count). The minimum absolute atomic E-state index is 0.0119. The zero-order chi connectivity index (χ0) is 14.8. The number of benzene rings is 1. The largest absolute Gasteiger partial charge is 0.524 e. The first kappa shape index (κ1) is 15.9. The first-order valence-corrected chi connectivity index (χ1v) is 7.40. The van der Waals surface area contributed by atoms with Crippen LogP contribution in [0.3, 0.4) is 0 Å². The number of hydrogen-bond donors (Lipinski definition) is 2. The second-order valence-corrected chi connectivity index (χ2v) is 6.41. The van der Waals surface area contributed by atoms with Gasteiger partial charge in [0.15, 0.2) is 0 Å². The van der Waals surface area contributed by atoms with E-state index in [0.717, 1.165) is 5.56 Å². The zero-order valence-electron chi connectivity index (χ0n) is 11.5. The Morgan fingerprint density at radius 2 is 1.95 bits per heavy atom. The molecule has 6 heteroatoms. The normalized spacial score (nSPS) is 12.3. The van der Waals surface area contributed by atoms with E-state index in [9.17, 15) is 9.36 Å². The van der Waals surface area contributed by atoms with Crippen molar-refractivity contribution in [3.05, 3.63) is 29.3 Å². The molecule has 0 aliphatic heterocycles. The second-order valence-electron chi connectivity index (χ2n) is 5.25. The van der Waals surface area contributed by atoms with Crippen LogP contribution in [-0.2, 0) is 15.8 Å². The highest BCUT2D eigenvalue weighted by Crippen LogP contribution is 2.41. The molecule has 1 aromatic carbocycles. The molecule has 106 valence electrons. The van der Waals surface area contributed by atoms with Crippen molar-refractivity contribution in [3.63, 3.8) is 0 Å². The lowest BCUT2D eigenvalue weighted by Crippen LogP contribution is -2.24. The van der Waals surface area contributed by atoms with Crippen LogP contribution < -0.4 is 4.52 Å². The highest BCUT2D eigenvalue weighted by molar-refractivity contribution is 7.46. The van der Waals surface area contributed by atoms with Gasteiger partial charge in [-0.3, -0.25) is 14.6 Å². The fourth-order valence-corrected chi connectivity index (χ4v) is 2.11. The number of phosphoric acid groups is 1. The monoisotopic (exact) mass is 286 g/mol. The summed E-state index contributed by atoms with van der Waals surface area (Å²) in [5, 5.41) is 0. The van der Waals surface area contributed by atoms with Gasteiger partial charge < -0.3 is 4.52 Å². The molecule has 0 saturated heterocycles. The topological polar surface area (TPSA) is 83.8 Å². The van der Waals surface area contributed by atoms with Crippen LogP contribution in [0, 0.1) is 12.3 Å². The Hall–Kier alpha value is -1.16. The standard InChI is InChI=1S/C13H19O5P/c1-9-6-5-7-12(18-19(15,16)17)11(9)8-13(3,4)10(2)14/h5-7H,8H2,1-4H3,(H2,15,16,17). The molecule has 0 aliphatic rings. The zero-order valence-corrected chi connectivity index (χ0v) is 12.4. The third-order valence-corrected chi connectivity index (χ3v) is 3.59. The van der Waals surface area contributed by atoms with Crippen molar-refractivity contribution in [1.29, 1.82) is 0 Å². The molecule has 0 aliphatic carbocycles. The summed E-state index contributed by atoms with van der Waals surface area (Å²) in [6.45, 7) is 6.91. The first-order chi connectivity index (χ1) is 8.53. The van der Waals surface area contributed by atoms with E-state index in [0.29, 0.717) is 12.0 Å². The molecule has 0 unspecified atom stereocenters. The number of carbonyl (C=O) groups is 1. The Kier molecular flexibility index (Phi) is 4.56. The van der Waals surface area contributed by atoms with Gasteiger partial charge in [0.05, 0.1) is 0 Å². The number of carbonyl (C=O) groups excluding carboxylic acids is 1. The van der Waals surface area contributed by atoms with Crippen molar-refractivity contribution in [2.24, 2.45) is 5.41 Å². The van der Waals surface area contributed by atoms with Crippen LogP contribution in [0.1, 0.15) is 31.9 Å². The second kappa shape index (κ2) is 5.45. The molecular formula is C13H19O5P. The summed E-state index contributed by atoms with van der Waals surface area (Å²) < 4.78 is 15.7. The number of Topliss-reactive ketones (excluding diaryl/α,β-unsaturated/α-hetero) is 1. The van der Waals surface area contributed by atoms with E-state index < -0.39 is 13.2 Å². The Labute approximate surface area is 112 Å². The summed E-state index contributed by atoms with van der Waals surface area (Å²) in [5.41, 5.74) is 0.866. The number of hydrogen-bond acceptors (Lipinski definition) is 3. The molecule has 19 heavy (non-hydrogen) atoms. The maximum atomic E-state index is 11.6. The first-order valence-electron chi connectivity index (χ1n) is 5.87. The number of ketones is 1. The van der Waals surface area contributed by atoms with Crippen LogP contribution in [0.15, 0.2) is 18.2 Å². The molecule has 1 aromatic rings. The smallest absolute Gasteiger partial charge is 0.404 e. The summed E-state index contributed by atoms with van der Waals surface area (Å²) in [5.74, 6) is 0.139. The van der Waals surface area contributed by atoms with Crippen molar-refractivity contribution in [2.75, 3.05) is 0 Å². The van der Waals surface area contributed by atoms with Gasteiger partial charge in [-0.05, 0) is 37.5 Å². The molecule has 5 nitrogen and oxygen atoms in total. The quantitative estimate of drug-likeness (QED) is 0.813. The van der Waals surface area contributed by atoms with Crippen LogP contribution in [0.5, 0.6) is 5.75 Å². The van der Waals surface area contributed by atoms with Gasteiger partial charge in [-0.2, -0.15) is 0 Å². The van der Waals surface area contributed by atoms with Gasteiger partial charge in [-0.1, -0.05) is 26.0 Å². The molecule has 0 aromatic heterocycles. The number of aryl methyl sites for hydroxylation is 1. The Bertz CT molecular complexity index is 530. The van der Waals surface area contributed by atoms with E-state index in [1.165, 1.54) is 13.0 Å². The third-order valence-electron chi connectivity index (χ3n) is 3.16. The molecule has 0 saturated carbocycles. The highest BCUT2D eigenvalue weighted by Gasteiger charge is 2.28. The van der Waals surface area contributed by atoms with Gasteiger partial charge in [0.25, 0.3) is 0 Å². The van der Waals surface area contributed by atoms with E-state index in [4.69, 9.17) is 14.3 Å². The average molecular weight is 286 g/mol. The van der Waals surface area contributed by atoms with E-state index >= 15 is 0 Å². The van der Waals surface area contributed by atoms with Crippen LogP contribution in [0.25, 0.3) is 0 Å². The summed E-state index contributed by atoms with van der Waals surface area (Å²) >= 11 is 0. The summed E-state index contributed by atoms with van der Waals surface area (Å²) in [7, 11) is -4.61. The Balaban J connectivity index is 3.19. The molecule has 0 fully saturated rings. The fraction of sp³-hybridized carbons (Fsp3) is 0.462. The predicted molar refractivity (Wildman–Crippen MR) is 72.0 cm³/mol. The van der Waals surface area contributed by atoms with E-state index in [-0.39, 0.29) is 11.5 Å². The highest BCUT2D eigenvalue weighted by atomic mass is 31.2. The van der Waals surface area contributed by atoms with Crippen molar-refractivity contribution in [1.82, 2.24) is 0 Å². The van der Waals surface area contributed by atoms with Crippen molar-refractivity contribution in [3.8, 4) is 5.75 Å². The van der Waals surface area contributed by atoms with E-state index in [1.807, 2.05) is 13.0 Å². The Morgan fingerprint density at radius 3 is 2.42 bits per heavy atom. The minimum Gasteiger partial charge on any atom is -0.404 e. The molecule has 0 spiro atoms. The fourth-order valence-electron chi connectivity index (χ4n) is 1.68. The summed E-state index contributed by atoms with van der Waals surface area (Å²) in [4.78, 5) is 29.4. The van der Waals surface area contributed by atoms with Crippen molar-refractivity contribution < 1.29 is 23.7 Å². The number of rotatable bonds is 5. The van der Waals surface area contributed by atoms with Gasteiger partial charge in [-0.15, -0.1) is 0 Å². The lowest BCUT2D eigenvalue weighted by Gasteiger charge is -2.24. The van der Waals surface area contributed by atoms with Gasteiger partial charge in [0.1, 0.15) is 11.5 Å². The van der Waals surface area contributed by atoms with Crippen LogP contribution in [0.4, 0.5) is 0 Å². The van der Waals surface area contributed by atoms with Crippen LogP contribution in [-0.4, -0.2) is 15.6 Å². The molecule has 0 amide bonds. The SMILES string of the molecule is CC(=O)C(C)(C)Cc1c(C)cccc1OP(=O)(O)O. The predicted octanol–water partition coefficient (Wildman–Crippen LogP) is 2.62.